The minimum Gasteiger partial charge on any atom is -0.481 e. The lowest BCUT2D eigenvalue weighted by Crippen LogP contribution is -2.44. The summed E-state index contributed by atoms with van der Waals surface area (Å²) in [6.07, 6.45) is -2.16. The number of aliphatic hydroxyl groups excluding tert-OH is 1. The standard InChI is InChI=1S/C24H30O7Si/c1-32(2,3)31-22(20(15-23(27)28)21(26)13-14-25)16-30-24(29)19-11-9-18(10-12-19)17-7-5-4-6-8-17/h4-12,14,20-22,26H,13,15-16H2,1-3H3,(H,27,28)/t20-,21-,22+/m0/s1. The second-order valence-corrected chi connectivity index (χ2v) is 13.0. The van der Waals surface area contributed by atoms with Crippen molar-refractivity contribution in [1.29, 1.82) is 0 Å². The fourth-order valence-electron chi connectivity index (χ4n) is 3.36. The van der Waals surface area contributed by atoms with Crippen LogP contribution in [0.2, 0.25) is 19.6 Å². The van der Waals surface area contributed by atoms with Crippen LogP contribution in [0.5, 0.6) is 0 Å². The van der Waals surface area contributed by atoms with E-state index in [4.69, 9.17) is 9.16 Å². The molecule has 0 fully saturated rings. The van der Waals surface area contributed by atoms with Crippen LogP contribution in [-0.2, 0) is 18.8 Å². The number of carboxylic acids is 1. The highest BCUT2D eigenvalue weighted by atomic mass is 28.4. The lowest BCUT2D eigenvalue weighted by molar-refractivity contribution is -0.141. The Bertz CT molecular complexity index is 891. The first-order chi connectivity index (χ1) is 15.1. The SMILES string of the molecule is C[Si](C)(C)O[C@H](COC(=O)c1ccc(-c2ccccc2)cc1)[C@@H](CC(=O)O)[C@@H](O)CC=O. The molecule has 32 heavy (non-hydrogen) atoms. The van der Waals surface area contributed by atoms with Gasteiger partial charge in [-0.1, -0.05) is 42.5 Å². The fourth-order valence-corrected chi connectivity index (χ4v) is 4.51. The van der Waals surface area contributed by atoms with E-state index in [0.717, 1.165) is 11.1 Å². The zero-order valence-electron chi connectivity index (χ0n) is 18.6. The molecule has 0 radical (unpaired) electrons. The van der Waals surface area contributed by atoms with E-state index >= 15 is 0 Å². The Balaban J connectivity index is 2.14. The van der Waals surface area contributed by atoms with Crippen LogP contribution in [0.3, 0.4) is 0 Å². The predicted molar refractivity (Wildman–Crippen MR) is 123 cm³/mol. The number of hydrogen-bond acceptors (Lipinski definition) is 6. The number of aldehydes is 1. The molecule has 7 nitrogen and oxygen atoms in total. The van der Waals surface area contributed by atoms with Gasteiger partial charge >= 0.3 is 11.9 Å². The Morgan fingerprint density at radius 2 is 1.59 bits per heavy atom. The summed E-state index contributed by atoms with van der Waals surface area (Å²) in [4.78, 5) is 34.8. The van der Waals surface area contributed by atoms with E-state index < -0.39 is 44.8 Å². The molecule has 0 aliphatic rings. The summed E-state index contributed by atoms with van der Waals surface area (Å²) < 4.78 is 11.5. The summed E-state index contributed by atoms with van der Waals surface area (Å²) in [5, 5.41) is 19.6. The van der Waals surface area contributed by atoms with Crippen LogP contribution in [-0.4, -0.2) is 55.6 Å². The molecule has 0 aromatic heterocycles. The minimum absolute atomic E-state index is 0.224. The largest absolute Gasteiger partial charge is 0.481 e. The third kappa shape index (κ3) is 8.03. The van der Waals surface area contributed by atoms with E-state index in [0.29, 0.717) is 11.8 Å². The van der Waals surface area contributed by atoms with Gasteiger partial charge in [-0.15, -0.1) is 0 Å². The van der Waals surface area contributed by atoms with Crippen LogP contribution in [0, 0.1) is 5.92 Å². The number of carbonyl (C=O) groups excluding carboxylic acids is 2. The lowest BCUT2D eigenvalue weighted by Gasteiger charge is -2.33. The third-order valence-corrected chi connectivity index (χ3v) is 5.84. The van der Waals surface area contributed by atoms with Crippen molar-refractivity contribution in [3.05, 3.63) is 60.2 Å². The molecular formula is C24H30O7Si. The number of carboxylic acid groups (broad SMARTS) is 1. The fraction of sp³-hybridized carbons (Fsp3) is 0.375. The number of ether oxygens (including phenoxy) is 1. The minimum atomic E-state index is -2.18. The van der Waals surface area contributed by atoms with Crippen LogP contribution in [0.25, 0.3) is 11.1 Å². The molecule has 2 rings (SSSR count). The van der Waals surface area contributed by atoms with E-state index in [1.54, 1.807) is 12.1 Å². The highest BCUT2D eigenvalue weighted by molar-refractivity contribution is 6.69. The lowest BCUT2D eigenvalue weighted by atomic mass is 9.91. The smallest absolute Gasteiger partial charge is 0.338 e. The molecule has 0 unspecified atom stereocenters. The zero-order chi connectivity index (χ0) is 23.7. The second-order valence-electron chi connectivity index (χ2n) is 8.54. The van der Waals surface area contributed by atoms with E-state index in [1.165, 1.54) is 0 Å². The van der Waals surface area contributed by atoms with Gasteiger partial charge in [0.1, 0.15) is 12.9 Å². The molecule has 3 atom stereocenters. The number of rotatable bonds is 12. The summed E-state index contributed by atoms with van der Waals surface area (Å²) >= 11 is 0. The van der Waals surface area contributed by atoms with Crippen LogP contribution < -0.4 is 0 Å². The van der Waals surface area contributed by atoms with Gasteiger partial charge < -0.3 is 24.2 Å². The molecule has 2 aromatic carbocycles. The summed E-state index contributed by atoms with van der Waals surface area (Å²) in [7, 11) is -2.18. The number of hydrogen-bond donors (Lipinski definition) is 2. The summed E-state index contributed by atoms with van der Waals surface area (Å²) in [6, 6.07) is 16.7. The first-order valence-electron chi connectivity index (χ1n) is 10.4. The number of aliphatic carboxylic acids is 1. The normalized spacial score (nSPS) is 14.2. The third-order valence-electron chi connectivity index (χ3n) is 4.83. The molecule has 8 heteroatoms. The van der Waals surface area contributed by atoms with Gasteiger partial charge in [-0.25, -0.2) is 4.79 Å². The Kier molecular flexibility index (Phi) is 9.31. The molecule has 2 aromatic rings. The molecule has 0 spiro atoms. The van der Waals surface area contributed by atoms with Crippen molar-refractivity contribution in [2.75, 3.05) is 6.61 Å². The monoisotopic (exact) mass is 458 g/mol. The molecule has 0 saturated heterocycles. The summed E-state index contributed by atoms with van der Waals surface area (Å²) in [5.74, 6) is -2.60. The number of benzene rings is 2. The zero-order valence-corrected chi connectivity index (χ0v) is 19.6. The van der Waals surface area contributed by atoms with Crippen LogP contribution in [0.4, 0.5) is 0 Å². The molecule has 172 valence electrons. The van der Waals surface area contributed by atoms with Gasteiger partial charge in [0.05, 0.1) is 24.2 Å². The van der Waals surface area contributed by atoms with E-state index in [1.807, 2.05) is 62.1 Å². The topological polar surface area (TPSA) is 110 Å². The first kappa shape index (κ1) is 25.4. The Morgan fingerprint density at radius 3 is 2.12 bits per heavy atom. The Hall–Kier alpha value is -2.81. The van der Waals surface area contributed by atoms with Crippen molar-refractivity contribution in [1.82, 2.24) is 0 Å². The van der Waals surface area contributed by atoms with Gasteiger partial charge in [0.2, 0.25) is 0 Å². The van der Waals surface area contributed by atoms with E-state index in [9.17, 15) is 24.6 Å². The molecule has 0 heterocycles. The van der Waals surface area contributed by atoms with Crippen LogP contribution in [0.1, 0.15) is 23.2 Å². The van der Waals surface area contributed by atoms with Crippen LogP contribution in [0.15, 0.2) is 54.6 Å². The van der Waals surface area contributed by atoms with Crippen molar-refractivity contribution in [3.63, 3.8) is 0 Å². The predicted octanol–water partition coefficient (Wildman–Crippen LogP) is 3.77. The average molecular weight is 459 g/mol. The van der Waals surface area contributed by atoms with E-state index in [-0.39, 0.29) is 13.0 Å². The van der Waals surface area contributed by atoms with Gasteiger partial charge in [-0.2, -0.15) is 0 Å². The maximum absolute atomic E-state index is 12.6. The highest BCUT2D eigenvalue weighted by Gasteiger charge is 2.35. The summed E-state index contributed by atoms with van der Waals surface area (Å²) in [6.45, 7) is 5.51. The van der Waals surface area contributed by atoms with Crippen molar-refractivity contribution in [2.24, 2.45) is 5.92 Å². The van der Waals surface area contributed by atoms with Gasteiger partial charge in [0, 0.05) is 12.3 Å². The van der Waals surface area contributed by atoms with Gasteiger partial charge in [0.15, 0.2) is 8.32 Å². The van der Waals surface area contributed by atoms with Crippen molar-refractivity contribution in [2.45, 2.75) is 44.7 Å². The molecular weight excluding hydrogens is 428 g/mol. The van der Waals surface area contributed by atoms with Crippen molar-refractivity contribution in [3.8, 4) is 11.1 Å². The molecule has 0 bridgehead atoms. The molecule has 0 aliphatic carbocycles. The molecule has 0 saturated carbocycles. The first-order valence-corrected chi connectivity index (χ1v) is 13.9. The second kappa shape index (κ2) is 11.7. The Morgan fingerprint density at radius 1 is 1.00 bits per heavy atom. The summed E-state index contributed by atoms with van der Waals surface area (Å²) in [5.41, 5.74) is 2.33. The quantitative estimate of drug-likeness (QED) is 0.283. The van der Waals surface area contributed by atoms with Gasteiger partial charge in [-0.05, 0) is 42.9 Å². The van der Waals surface area contributed by atoms with Gasteiger partial charge in [0.25, 0.3) is 0 Å². The average Bonchev–Trinajstić information content (AvgIpc) is 2.75. The maximum Gasteiger partial charge on any atom is 0.338 e. The van der Waals surface area contributed by atoms with Crippen LogP contribution >= 0.6 is 0 Å². The number of carbonyl (C=O) groups is 3. The molecule has 0 amide bonds. The Labute approximate surface area is 189 Å². The molecule has 2 N–H and O–H groups in total. The van der Waals surface area contributed by atoms with Gasteiger partial charge in [-0.3, -0.25) is 4.79 Å². The van der Waals surface area contributed by atoms with E-state index in [2.05, 4.69) is 0 Å². The molecule has 0 aliphatic heterocycles. The maximum atomic E-state index is 12.6. The van der Waals surface area contributed by atoms with Crippen molar-refractivity contribution >= 4 is 26.5 Å². The number of aliphatic hydroxyl groups is 1. The highest BCUT2D eigenvalue weighted by Crippen LogP contribution is 2.24. The van der Waals surface area contributed by atoms with Crippen molar-refractivity contribution < 1.29 is 33.8 Å². The number of esters is 1.